The largest absolute Gasteiger partial charge is 0.319 e. The van der Waals surface area contributed by atoms with Gasteiger partial charge in [0, 0.05) is 13.1 Å². The Balaban J connectivity index is 1.85. The second-order valence-corrected chi connectivity index (χ2v) is 7.45. The van der Waals surface area contributed by atoms with Crippen molar-refractivity contribution in [1.29, 1.82) is 0 Å². The summed E-state index contributed by atoms with van der Waals surface area (Å²) >= 11 is 0. The van der Waals surface area contributed by atoms with Crippen molar-refractivity contribution in [3.8, 4) is 0 Å². The smallest absolute Gasteiger partial charge is 0.00501 e. The summed E-state index contributed by atoms with van der Waals surface area (Å²) in [4.78, 5) is 2.79. The second-order valence-electron chi connectivity index (χ2n) is 7.45. The molecule has 2 fully saturated rings. The highest BCUT2D eigenvalue weighted by atomic mass is 15.1. The molecule has 2 nitrogen and oxygen atoms in total. The summed E-state index contributed by atoms with van der Waals surface area (Å²) < 4.78 is 0. The van der Waals surface area contributed by atoms with E-state index in [1.54, 1.807) is 0 Å². The zero-order valence-electron chi connectivity index (χ0n) is 13.9. The van der Waals surface area contributed by atoms with Gasteiger partial charge in [0.25, 0.3) is 0 Å². The fourth-order valence-corrected chi connectivity index (χ4v) is 4.56. The van der Waals surface area contributed by atoms with Crippen LogP contribution < -0.4 is 5.32 Å². The molecule has 1 N–H and O–H groups in total. The number of piperidine rings is 1. The van der Waals surface area contributed by atoms with Gasteiger partial charge < -0.3 is 10.2 Å². The molecule has 1 saturated carbocycles. The van der Waals surface area contributed by atoms with Crippen LogP contribution in [0.4, 0.5) is 0 Å². The maximum Gasteiger partial charge on any atom is 0.00501 e. The minimum Gasteiger partial charge on any atom is -0.319 e. The van der Waals surface area contributed by atoms with Gasteiger partial charge in [-0.2, -0.15) is 0 Å². The first-order valence-electron chi connectivity index (χ1n) is 9.15. The Labute approximate surface area is 126 Å². The second kappa shape index (κ2) is 8.38. The van der Waals surface area contributed by atoms with Gasteiger partial charge in [0.15, 0.2) is 0 Å². The van der Waals surface area contributed by atoms with E-state index >= 15 is 0 Å². The molecule has 2 aliphatic rings. The number of likely N-dealkylation sites (tertiary alicyclic amines) is 1. The zero-order valence-corrected chi connectivity index (χ0v) is 13.9. The van der Waals surface area contributed by atoms with E-state index in [0.29, 0.717) is 5.41 Å². The van der Waals surface area contributed by atoms with E-state index < -0.39 is 0 Å². The SMILES string of the molecule is CCCC1CCN(CC2(CNC)CCCCCC2)CC1. The van der Waals surface area contributed by atoms with E-state index in [1.165, 1.54) is 90.4 Å². The number of rotatable bonds is 6. The van der Waals surface area contributed by atoms with Crippen LogP contribution in [0.3, 0.4) is 0 Å². The monoisotopic (exact) mass is 280 g/mol. The predicted molar refractivity (Wildman–Crippen MR) is 88.1 cm³/mol. The maximum atomic E-state index is 3.50. The zero-order chi connectivity index (χ0) is 14.3. The van der Waals surface area contributed by atoms with Crippen molar-refractivity contribution in [3.63, 3.8) is 0 Å². The van der Waals surface area contributed by atoms with Crippen LogP contribution in [0.1, 0.15) is 71.1 Å². The molecule has 0 aromatic carbocycles. The number of hydrogen-bond donors (Lipinski definition) is 1. The molecule has 2 heteroatoms. The molecule has 0 spiro atoms. The quantitative estimate of drug-likeness (QED) is 0.738. The van der Waals surface area contributed by atoms with Crippen molar-refractivity contribution in [3.05, 3.63) is 0 Å². The highest BCUT2D eigenvalue weighted by Gasteiger charge is 2.33. The molecular formula is C18H36N2. The van der Waals surface area contributed by atoms with E-state index in [-0.39, 0.29) is 0 Å². The molecule has 0 bridgehead atoms. The number of nitrogens with zero attached hydrogens (tertiary/aromatic N) is 1. The average molecular weight is 280 g/mol. The summed E-state index contributed by atoms with van der Waals surface area (Å²) in [5.41, 5.74) is 0.572. The normalized spacial score (nSPS) is 25.5. The molecule has 1 aliphatic carbocycles. The molecule has 0 radical (unpaired) electrons. The molecule has 1 heterocycles. The van der Waals surface area contributed by atoms with Crippen LogP contribution in [0.2, 0.25) is 0 Å². The minimum atomic E-state index is 0.572. The van der Waals surface area contributed by atoms with E-state index in [9.17, 15) is 0 Å². The first-order valence-corrected chi connectivity index (χ1v) is 9.15. The molecule has 1 saturated heterocycles. The maximum absolute atomic E-state index is 3.50. The van der Waals surface area contributed by atoms with Gasteiger partial charge in [-0.1, -0.05) is 45.4 Å². The van der Waals surface area contributed by atoms with E-state index in [0.717, 1.165) is 5.92 Å². The van der Waals surface area contributed by atoms with Crippen LogP contribution >= 0.6 is 0 Å². The third-order valence-electron chi connectivity index (χ3n) is 5.68. The summed E-state index contributed by atoms with van der Waals surface area (Å²) in [6.07, 6.45) is 14.4. The lowest BCUT2D eigenvalue weighted by atomic mass is 9.79. The molecule has 0 atom stereocenters. The average Bonchev–Trinajstić information content (AvgIpc) is 2.68. The lowest BCUT2D eigenvalue weighted by Crippen LogP contribution is -2.46. The Morgan fingerprint density at radius 3 is 2.25 bits per heavy atom. The lowest BCUT2D eigenvalue weighted by Gasteiger charge is -2.41. The summed E-state index contributed by atoms with van der Waals surface area (Å²) in [6, 6.07) is 0. The van der Waals surface area contributed by atoms with Crippen molar-refractivity contribution in [2.75, 3.05) is 33.2 Å². The van der Waals surface area contributed by atoms with E-state index in [4.69, 9.17) is 0 Å². The molecular weight excluding hydrogens is 244 g/mol. The Kier molecular flexibility index (Phi) is 6.83. The third kappa shape index (κ3) is 4.73. The predicted octanol–water partition coefficient (Wildman–Crippen LogP) is 4.06. The molecule has 118 valence electrons. The fourth-order valence-electron chi connectivity index (χ4n) is 4.56. The molecule has 0 aromatic heterocycles. The van der Waals surface area contributed by atoms with Gasteiger partial charge in [0.05, 0.1) is 0 Å². The highest BCUT2D eigenvalue weighted by molar-refractivity contribution is 4.88. The summed E-state index contributed by atoms with van der Waals surface area (Å²) in [5, 5.41) is 3.50. The molecule has 2 rings (SSSR count). The molecule has 0 amide bonds. The molecule has 1 aliphatic heterocycles. The summed E-state index contributed by atoms with van der Waals surface area (Å²) in [7, 11) is 2.14. The van der Waals surface area contributed by atoms with Crippen LogP contribution in [0.15, 0.2) is 0 Å². The Hall–Kier alpha value is -0.0800. The lowest BCUT2D eigenvalue weighted by molar-refractivity contribution is 0.0945. The molecule has 0 unspecified atom stereocenters. The Morgan fingerprint density at radius 1 is 1.05 bits per heavy atom. The topological polar surface area (TPSA) is 15.3 Å². The van der Waals surface area contributed by atoms with Crippen molar-refractivity contribution in [2.45, 2.75) is 71.1 Å². The van der Waals surface area contributed by atoms with Gasteiger partial charge >= 0.3 is 0 Å². The first kappa shape index (κ1) is 16.3. The van der Waals surface area contributed by atoms with Gasteiger partial charge in [-0.05, 0) is 57.2 Å². The van der Waals surface area contributed by atoms with Crippen molar-refractivity contribution in [2.24, 2.45) is 11.3 Å². The Morgan fingerprint density at radius 2 is 1.70 bits per heavy atom. The van der Waals surface area contributed by atoms with Crippen LogP contribution in [-0.4, -0.2) is 38.1 Å². The van der Waals surface area contributed by atoms with E-state index in [1.807, 2.05) is 0 Å². The van der Waals surface area contributed by atoms with Gasteiger partial charge in [-0.15, -0.1) is 0 Å². The van der Waals surface area contributed by atoms with Crippen molar-refractivity contribution >= 4 is 0 Å². The van der Waals surface area contributed by atoms with Crippen LogP contribution in [0.25, 0.3) is 0 Å². The Bertz CT molecular complexity index is 248. The van der Waals surface area contributed by atoms with Crippen LogP contribution in [0.5, 0.6) is 0 Å². The fraction of sp³-hybridized carbons (Fsp3) is 1.00. The molecule has 0 aromatic rings. The van der Waals surface area contributed by atoms with Gasteiger partial charge in [0.2, 0.25) is 0 Å². The standard InChI is InChI=1S/C18H36N2/c1-3-8-17-9-13-20(14-10-17)16-18(15-19-2)11-6-4-5-7-12-18/h17,19H,3-16H2,1-2H3. The highest BCUT2D eigenvalue weighted by Crippen LogP contribution is 2.36. The summed E-state index contributed by atoms with van der Waals surface area (Å²) in [5.74, 6) is 1.02. The number of nitrogens with one attached hydrogen (secondary N) is 1. The van der Waals surface area contributed by atoms with Crippen LogP contribution in [-0.2, 0) is 0 Å². The van der Waals surface area contributed by atoms with Gasteiger partial charge in [0.1, 0.15) is 0 Å². The van der Waals surface area contributed by atoms with Gasteiger partial charge in [-0.25, -0.2) is 0 Å². The minimum absolute atomic E-state index is 0.572. The summed E-state index contributed by atoms with van der Waals surface area (Å²) in [6.45, 7) is 7.63. The number of hydrogen-bond acceptors (Lipinski definition) is 2. The van der Waals surface area contributed by atoms with Gasteiger partial charge in [-0.3, -0.25) is 0 Å². The van der Waals surface area contributed by atoms with Crippen LogP contribution in [0, 0.1) is 11.3 Å². The van der Waals surface area contributed by atoms with Crippen molar-refractivity contribution in [1.82, 2.24) is 10.2 Å². The van der Waals surface area contributed by atoms with E-state index in [2.05, 4.69) is 24.2 Å². The first-order chi connectivity index (χ1) is 9.78. The van der Waals surface area contributed by atoms with Crippen molar-refractivity contribution < 1.29 is 0 Å². The third-order valence-corrected chi connectivity index (χ3v) is 5.68. The molecule has 20 heavy (non-hydrogen) atoms.